The fraction of sp³-hybridized carbons (Fsp3) is 0.938. The average molecular weight is 300 g/mol. The average Bonchev–Trinajstić information content (AvgIpc) is 2.70. The van der Waals surface area contributed by atoms with E-state index in [1.54, 1.807) is 0 Å². The Labute approximate surface area is 126 Å². The minimum Gasteiger partial charge on any atom is -0.456 e. The van der Waals surface area contributed by atoms with Crippen LogP contribution in [-0.2, 0) is 19.3 Å². The number of fused-ring (bicyclic) bond motifs is 1. The second-order valence-electron chi connectivity index (χ2n) is 6.88. The predicted octanol–water partition coefficient (Wildman–Crippen LogP) is 2.89. The molecular weight excluding hydrogens is 272 g/mol. The molecule has 21 heavy (non-hydrogen) atoms. The van der Waals surface area contributed by atoms with Crippen molar-refractivity contribution in [2.24, 2.45) is 0 Å². The maximum Gasteiger partial charge on any atom is 0.309 e. The van der Waals surface area contributed by atoms with Gasteiger partial charge in [-0.3, -0.25) is 4.79 Å². The molecule has 2 fully saturated rings. The van der Waals surface area contributed by atoms with Crippen LogP contribution in [0.1, 0.15) is 71.6 Å². The number of ether oxygens (including phenoxy) is 1. The molecule has 0 aromatic rings. The third kappa shape index (κ3) is 4.41. The van der Waals surface area contributed by atoms with Crippen LogP contribution in [0.4, 0.5) is 0 Å². The summed E-state index contributed by atoms with van der Waals surface area (Å²) < 4.78 is 5.45. The summed E-state index contributed by atoms with van der Waals surface area (Å²) in [4.78, 5) is 22.4. The molecule has 2 aliphatic heterocycles. The quantitative estimate of drug-likeness (QED) is 0.424. The molecule has 3 unspecified atom stereocenters. The Balaban J connectivity index is 1.69. The SMILES string of the molecule is CC1(CCCCCCCCO)CC2(C)OC(=O)CC2OO1. The van der Waals surface area contributed by atoms with Crippen molar-refractivity contribution in [3.05, 3.63) is 0 Å². The number of carbonyl (C=O) groups excluding carboxylic acids is 1. The zero-order valence-electron chi connectivity index (χ0n) is 13.2. The van der Waals surface area contributed by atoms with Gasteiger partial charge in [0.1, 0.15) is 17.3 Å². The Bertz CT molecular complexity index is 359. The van der Waals surface area contributed by atoms with E-state index in [9.17, 15) is 4.79 Å². The van der Waals surface area contributed by atoms with E-state index >= 15 is 0 Å². The number of aliphatic hydroxyl groups excluding tert-OH is 1. The summed E-state index contributed by atoms with van der Waals surface area (Å²) in [7, 11) is 0. The molecule has 0 bridgehead atoms. The molecule has 0 aromatic heterocycles. The second-order valence-corrected chi connectivity index (χ2v) is 6.88. The van der Waals surface area contributed by atoms with Crippen molar-refractivity contribution in [2.75, 3.05) is 6.61 Å². The number of hydrogen-bond donors (Lipinski definition) is 1. The van der Waals surface area contributed by atoms with Gasteiger partial charge in [-0.15, -0.1) is 0 Å². The molecular formula is C16H28O5. The summed E-state index contributed by atoms with van der Waals surface area (Å²) in [6, 6.07) is 0. The van der Waals surface area contributed by atoms with Crippen LogP contribution in [0.5, 0.6) is 0 Å². The van der Waals surface area contributed by atoms with E-state index in [1.807, 2.05) is 13.8 Å². The number of aliphatic hydroxyl groups is 1. The van der Waals surface area contributed by atoms with E-state index < -0.39 is 5.60 Å². The first-order chi connectivity index (χ1) is 9.97. The molecule has 2 aliphatic rings. The normalized spacial score (nSPS) is 35.6. The van der Waals surface area contributed by atoms with Crippen LogP contribution in [0.2, 0.25) is 0 Å². The Kier molecular flexibility index (Phi) is 5.63. The van der Waals surface area contributed by atoms with Crippen molar-refractivity contribution in [3.8, 4) is 0 Å². The lowest BCUT2D eigenvalue weighted by Gasteiger charge is -2.43. The summed E-state index contributed by atoms with van der Waals surface area (Å²) >= 11 is 0. The first-order valence-electron chi connectivity index (χ1n) is 8.15. The lowest BCUT2D eigenvalue weighted by Crippen LogP contribution is -2.51. The summed E-state index contributed by atoms with van der Waals surface area (Å²) in [5.41, 5.74) is -0.911. The summed E-state index contributed by atoms with van der Waals surface area (Å²) in [5, 5.41) is 8.72. The largest absolute Gasteiger partial charge is 0.456 e. The molecule has 0 aliphatic carbocycles. The van der Waals surface area contributed by atoms with Crippen LogP contribution in [0.15, 0.2) is 0 Å². The van der Waals surface area contributed by atoms with Crippen LogP contribution < -0.4 is 0 Å². The molecule has 0 aromatic carbocycles. The van der Waals surface area contributed by atoms with Crippen LogP contribution in [0, 0.1) is 0 Å². The Morgan fingerprint density at radius 1 is 1.14 bits per heavy atom. The number of rotatable bonds is 8. The zero-order valence-corrected chi connectivity index (χ0v) is 13.2. The Morgan fingerprint density at radius 3 is 2.52 bits per heavy atom. The summed E-state index contributed by atoms with van der Waals surface area (Å²) in [6.45, 7) is 4.27. The molecule has 0 saturated carbocycles. The molecule has 3 atom stereocenters. The predicted molar refractivity (Wildman–Crippen MR) is 77.5 cm³/mol. The highest BCUT2D eigenvalue weighted by Gasteiger charge is 2.55. The van der Waals surface area contributed by atoms with E-state index in [0.717, 1.165) is 32.1 Å². The topological polar surface area (TPSA) is 65.0 Å². The van der Waals surface area contributed by atoms with Crippen LogP contribution in [0.3, 0.4) is 0 Å². The summed E-state index contributed by atoms with van der Waals surface area (Å²) in [6.07, 6.45) is 8.22. The third-order valence-electron chi connectivity index (χ3n) is 4.58. The van der Waals surface area contributed by atoms with Gasteiger partial charge in [0.05, 0.1) is 6.42 Å². The lowest BCUT2D eigenvalue weighted by atomic mass is 9.82. The van der Waals surface area contributed by atoms with E-state index in [-0.39, 0.29) is 24.1 Å². The van der Waals surface area contributed by atoms with Gasteiger partial charge in [-0.25, -0.2) is 9.78 Å². The van der Waals surface area contributed by atoms with Crippen molar-refractivity contribution in [1.82, 2.24) is 0 Å². The molecule has 2 rings (SSSR count). The third-order valence-corrected chi connectivity index (χ3v) is 4.58. The van der Waals surface area contributed by atoms with Crippen molar-refractivity contribution in [3.63, 3.8) is 0 Å². The van der Waals surface area contributed by atoms with Crippen molar-refractivity contribution in [2.45, 2.75) is 88.9 Å². The van der Waals surface area contributed by atoms with Crippen molar-refractivity contribution < 1.29 is 24.4 Å². The number of carbonyl (C=O) groups is 1. The molecule has 0 radical (unpaired) electrons. The van der Waals surface area contributed by atoms with E-state index in [0.29, 0.717) is 13.0 Å². The first-order valence-corrected chi connectivity index (χ1v) is 8.15. The van der Waals surface area contributed by atoms with Gasteiger partial charge in [0, 0.05) is 13.0 Å². The van der Waals surface area contributed by atoms with E-state index in [4.69, 9.17) is 19.6 Å². The molecule has 122 valence electrons. The maximum atomic E-state index is 11.4. The molecule has 5 nitrogen and oxygen atoms in total. The van der Waals surface area contributed by atoms with Gasteiger partial charge in [-0.05, 0) is 26.7 Å². The van der Waals surface area contributed by atoms with Gasteiger partial charge in [0.2, 0.25) is 0 Å². The number of esters is 1. The van der Waals surface area contributed by atoms with Crippen LogP contribution in [-0.4, -0.2) is 35.0 Å². The molecule has 5 heteroatoms. The van der Waals surface area contributed by atoms with Gasteiger partial charge in [0.15, 0.2) is 0 Å². The minimum atomic E-state index is -0.536. The molecule has 0 spiro atoms. The van der Waals surface area contributed by atoms with E-state index in [2.05, 4.69) is 0 Å². The van der Waals surface area contributed by atoms with Crippen molar-refractivity contribution >= 4 is 5.97 Å². The number of hydrogen-bond acceptors (Lipinski definition) is 5. The van der Waals surface area contributed by atoms with Crippen LogP contribution in [0.25, 0.3) is 0 Å². The fourth-order valence-corrected chi connectivity index (χ4v) is 3.41. The fourth-order valence-electron chi connectivity index (χ4n) is 3.41. The summed E-state index contributed by atoms with van der Waals surface area (Å²) in [5.74, 6) is -0.195. The van der Waals surface area contributed by atoms with Gasteiger partial charge in [0.25, 0.3) is 0 Å². The highest BCUT2D eigenvalue weighted by atomic mass is 17.2. The van der Waals surface area contributed by atoms with Crippen molar-refractivity contribution in [1.29, 1.82) is 0 Å². The van der Waals surface area contributed by atoms with Gasteiger partial charge in [-0.2, -0.15) is 0 Å². The Hall–Kier alpha value is -0.650. The molecule has 1 N–H and O–H groups in total. The molecule has 0 amide bonds. The Morgan fingerprint density at radius 2 is 1.81 bits per heavy atom. The van der Waals surface area contributed by atoms with Gasteiger partial charge >= 0.3 is 5.97 Å². The second kappa shape index (κ2) is 7.07. The first kappa shape index (κ1) is 16.7. The highest BCUT2D eigenvalue weighted by Crippen LogP contribution is 2.44. The van der Waals surface area contributed by atoms with Gasteiger partial charge in [-0.1, -0.05) is 32.1 Å². The monoisotopic (exact) mass is 300 g/mol. The maximum absolute atomic E-state index is 11.4. The van der Waals surface area contributed by atoms with E-state index in [1.165, 1.54) is 12.8 Å². The number of unbranched alkanes of at least 4 members (excludes halogenated alkanes) is 5. The molecule has 2 saturated heterocycles. The lowest BCUT2D eigenvalue weighted by molar-refractivity contribution is -0.428. The van der Waals surface area contributed by atoms with Crippen LogP contribution >= 0.6 is 0 Å². The highest BCUT2D eigenvalue weighted by molar-refractivity contribution is 5.73. The smallest absolute Gasteiger partial charge is 0.309 e. The zero-order chi connectivity index (χ0) is 15.3. The molecule has 2 heterocycles. The standard InChI is InChI=1S/C16H28O5/c1-15(9-7-5-3-4-6-8-10-17)12-16(2)13(20-21-15)11-14(18)19-16/h13,17H,3-12H2,1-2H3. The van der Waals surface area contributed by atoms with Gasteiger partial charge < -0.3 is 9.84 Å². The minimum absolute atomic E-state index is 0.195.